The van der Waals surface area contributed by atoms with Crippen molar-refractivity contribution < 1.29 is 9.13 Å². The fourth-order valence-electron chi connectivity index (χ4n) is 2.58. The summed E-state index contributed by atoms with van der Waals surface area (Å²) in [5.74, 6) is 1.24. The molecule has 118 valence electrons. The third-order valence-corrected chi connectivity index (χ3v) is 3.87. The molecule has 22 heavy (non-hydrogen) atoms. The largest absolute Gasteiger partial charge is 0.493 e. The average Bonchev–Trinajstić information content (AvgIpc) is 2.52. The monoisotopic (exact) mass is 301 g/mol. The standard InChI is InChI=1S/C19H24FNO/c1-14(2)18-8-3-4-9-19(18)22-11-10-16(13-21)15-6-5-7-17(20)12-15/h3-9,12,14,16H,10-11,13,21H2,1-2H3. The van der Waals surface area contributed by atoms with E-state index in [1.54, 1.807) is 12.1 Å². The van der Waals surface area contributed by atoms with E-state index >= 15 is 0 Å². The van der Waals surface area contributed by atoms with Gasteiger partial charge in [0.25, 0.3) is 0 Å². The zero-order valence-corrected chi connectivity index (χ0v) is 13.3. The van der Waals surface area contributed by atoms with Gasteiger partial charge >= 0.3 is 0 Å². The predicted molar refractivity (Wildman–Crippen MR) is 88.8 cm³/mol. The Hall–Kier alpha value is -1.87. The van der Waals surface area contributed by atoms with Crippen LogP contribution >= 0.6 is 0 Å². The summed E-state index contributed by atoms with van der Waals surface area (Å²) in [6.07, 6.45) is 0.770. The molecule has 0 aromatic heterocycles. The van der Waals surface area contributed by atoms with E-state index < -0.39 is 0 Å². The smallest absolute Gasteiger partial charge is 0.123 e. The Morgan fingerprint density at radius 3 is 2.55 bits per heavy atom. The molecule has 2 rings (SSSR count). The highest BCUT2D eigenvalue weighted by atomic mass is 19.1. The van der Waals surface area contributed by atoms with Gasteiger partial charge in [-0.2, -0.15) is 0 Å². The molecule has 0 amide bonds. The van der Waals surface area contributed by atoms with Gasteiger partial charge in [0.2, 0.25) is 0 Å². The van der Waals surface area contributed by atoms with Gasteiger partial charge in [0, 0.05) is 0 Å². The highest BCUT2D eigenvalue weighted by Crippen LogP contribution is 2.27. The van der Waals surface area contributed by atoms with Crippen molar-refractivity contribution in [2.24, 2.45) is 5.73 Å². The Morgan fingerprint density at radius 1 is 1.09 bits per heavy atom. The summed E-state index contributed by atoms with van der Waals surface area (Å²) < 4.78 is 19.3. The molecule has 2 aromatic carbocycles. The van der Waals surface area contributed by atoms with Crippen LogP contribution in [-0.2, 0) is 0 Å². The van der Waals surface area contributed by atoms with E-state index in [-0.39, 0.29) is 11.7 Å². The summed E-state index contributed by atoms with van der Waals surface area (Å²) in [5, 5.41) is 0. The lowest BCUT2D eigenvalue weighted by Crippen LogP contribution is -2.16. The minimum atomic E-state index is -0.220. The first-order chi connectivity index (χ1) is 10.6. The molecule has 0 heterocycles. The van der Waals surface area contributed by atoms with Crippen molar-refractivity contribution in [3.63, 3.8) is 0 Å². The molecule has 0 aliphatic carbocycles. The van der Waals surface area contributed by atoms with Crippen molar-refractivity contribution in [1.82, 2.24) is 0 Å². The highest BCUT2D eigenvalue weighted by Gasteiger charge is 2.12. The molecule has 3 heteroatoms. The first-order valence-corrected chi connectivity index (χ1v) is 7.79. The maximum absolute atomic E-state index is 13.3. The zero-order chi connectivity index (χ0) is 15.9. The highest BCUT2D eigenvalue weighted by molar-refractivity contribution is 5.35. The SMILES string of the molecule is CC(C)c1ccccc1OCCC(CN)c1cccc(F)c1. The Labute approximate surface area is 132 Å². The maximum Gasteiger partial charge on any atom is 0.123 e. The van der Waals surface area contributed by atoms with Gasteiger partial charge in [0.15, 0.2) is 0 Å². The molecule has 2 aromatic rings. The number of hydrogen-bond acceptors (Lipinski definition) is 2. The molecule has 0 fully saturated rings. The van der Waals surface area contributed by atoms with Crippen LogP contribution in [0.15, 0.2) is 48.5 Å². The summed E-state index contributed by atoms with van der Waals surface area (Å²) in [6, 6.07) is 14.7. The Bertz CT molecular complexity index is 597. The second kappa shape index (κ2) is 7.95. The molecule has 0 saturated heterocycles. The second-order valence-corrected chi connectivity index (χ2v) is 5.82. The summed E-state index contributed by atoms with van der Waals surface area (Å²) in [4.78, 5) is 0. The van der Waals surface area contributed by atoms with Crippen molar-refractivity contribution in [2.45, 2.75) is 32.1 Å². The number of hydrogen-bond donors (Lipinski definition) is 1. The minimum absolute atomic E-state index is 0.113. The fourth-order valence-corrected chi connectivity index (χ4v) is 2.58. The number of ether oxygens (including phenoxy) is 1. The normalized spacial score (nSPS) is 12.4. The summed E-state index contributed by atoms with van der Waals surface area (Å²) in [5.41, 5.74) is 7.97. The Kier molecular flexibility index (Phi) is 5.96. The molecule has 0 bridgehead atoms. The molecule has 1 atom stereocenters. The van der Waals surface area contributed by atoms with E-state index in [1.165, 1.54) is 11.6 Å². The van der Waals surface area contributed by atoms with Crippen LogP contribution in [0.25, 0.3) is 0 Å². The van der Waals surface area contributed by atoms with Crippen molar-refractivity contribution in [2.75, 3.05) is 13.2 Å². The quantitative estimate of drug-likeness (QED) is 0.819. The van der Waals surface area contributed by atoms with E-state index in [0.29, 0.717) is 19.1 Å². The lowest BCUT2D eigenvalue weighted by atomic mass is 9.96. The van der Waals surface area contributed by atoms with E-state index in [9.17, 15) is 4.39 Å². The molecule has 2 nitrogen and oxygen atoms in total. The lowest BCUT2D eigenvalue weighted by molar-refractivity contribution is 0.294. The molecular weight excluding hydrogens is 277 g/mol. The molecule has 1 unspecified atom stereocenters. The van der Waals surface area contributed by atoms with Gasteiger partial charge in [0.05, 0.1) is 6.61 Å². The zero-order valence-electron chi connectivity index (χ0n) is 13.3. The first kappa shape index (κ1) is 16.5. The van der Waals surface area contributed by atoms with Crippen LogP contribution in [0.2, 0.25) is 0 Å². The molecule has 0 aliphatic heterocycles. The van der Waals surface area contributed by atoms with Crippen molar-refractivity contribution in [3.8, 4) is 5.75 Å². The summed E-state index contributed by atoms with van der Waals surface area (Å²) in [6.45, 7) is 5.36. The molecule has 0 radical (unpaired) electrons. The van der Waals surface area contributed by atoms with Gasteiger partial charge in [-0.15, -0.1) is 0 Å². The molecule has 0 aliphatic rings. The van der Waals surface area contributed by atoms with Crippen molar-refractivity contribution >= 4 is 0 Å². The molecule has 2 N–H and O–H groups in total. The second-order valence-electron chi connectivity index (χ2n) is 5.82. The van der Waals surface area contributed by atoms with Crippen molar-refractivity contribution in [1.29, 1.82) is 0 Å². The maximum atomic E-state index is 13.3. The number of para-hydroxylation sites is 1. The third kappa shape index (κ3) is 4.31. The summed E-state index contributed by atoms with van der Waals surface area (Å²) >= 11 is 0. The van der Waals surface area contributed by atoms with Crippen LogP contribution in [0.3, 0.4) is 0 Å². The first-order valence-electron chi connectivity index (χ1n) is 7.79. The van der Waals surface area contributed by atoms with E-state index in [0.717, 1.165) is 17.7 Å². The van der Waals surface area contributed by atoms with Crippen LogP contribution in [0.4, 0.5) is 4.39 Å². The van der Waals surface area contributed by atoms with Crippen LogP contribution in [0, 0.1) is 5.82 Å². The van der Waals surface area contributed by atoms with Crippen molar-refractivity contribution in [3.05, 3.63) is 65.5 Å². The number of benzene rings is 2. The van der Waals surface area contributed by atoms with Gasteiger partial charge in [-0.1, -0.05) is 44.2 Å². The fraction of sp³-hybridized carbons (Fsp3) is 0.368. The predicted octanol–water partition coefficient (Wildman–Crippen LogP) is 4.46. The number of nitrogens with two attached hydrogens (primary N) is 1. The van der Waals surface area contributed by atoms with Crippen LogP contribution < -0.4 is 10.5 Å². The van der Waals surface area contributed by atoms with Crippen LogP contribution in [-0.4, -0.2) is 13.2 Å². The Balaban J connectivity index is 1.98. The van der Waals surface area contributed by atoms with E-state index in [1.807, 2.05) is 24.3 Å². The topological polar surface area (TPSA) is 35.2 Å². The molecule has 0 saturated carbocycles. The van der Waals surface area contributed by atoms with Crippen LogP contribution in [0.5, 0.6) is 5.75 Å². The van der Waals surface area contributed by atoms with Gasteiger partial charge in [-0.3, -0.25) is 0 Å². The average molecular weight is 301 g/mol. The third-order valence-electron chi connectivity index (χ3n) is 3.87. The summed E-state index contributed by atoms with van der Waals surface area (Å²) in [7, 11) is 0. The number of rotatable bonds is 7. The molecular formula is C19H24FNO. The lowest BCUT2D eigenvalue weighted by Gasteiger charge is -2.18. The van der Waals surface area contributed by atoms with Gasteiger partial charge in [-0.25, -0.2) is 4.39 Å². The Morgan fingerprint density at radius 2 is 1.86 bits per heavy atom. The van der Waals surface area contributed by atoms with Gasteiger partial charge < -0.3 is 10.5 Å². The number of halogens is 1. The van der Waals surface area contributed by atoms with Crippen LogP contribution in [0.1, 0.15) is 43.2 Å². The molecule has 0 spiro atoms. The minimum Gasteiger partial charge on any atom is -0.493 e. The van der Waals surface area contributed by atoms with Gasteiger partial charge in [-0.05, 0) is 54.1 Å². The van der Waals surface area contributed by atoms with Gasteiger partial charge in [0.1, 0.15) is 11.6 Å². The van der Waals surface area contributed by atoms with E-state index in [2.05, 4.69) is 19.9 Å². The van der Waals surface area contributed by atoms with E-state index in [4.69, 9.17) is 10.5 Å².